The van der Waals surface area contributed by atoms with E-state index < -0.39 is 18.1 Å². The normalized spacial score (nSPS) is 14.7. The Kier molecular flexibility index (Phi) is 5.53. The van der Waals surface area contributed by atoms with Gasteiger partial charge in [0.1, 0.15) is 12.6 Å². The van der Waals surface area contributed by atoms with Gasteiger partial charge in [0.05, 0.1) is 5.56 Å². The first-order chi connectivity index (χ1) is 16.4. The first-order valence-electron chi connectivity index (χ1n) is 11.2. The van der Waals surface area contributed by atoms with Gasteiger partial charge in [-0.3, -0.25) is 4.79 Å². The van der Waals surface area contributed by atoms with Gasteiger partial charge < -0.3 is 20.1 Å². The minimum Gasteiger partial charge on any atom is -0.478 e. The zero-order valence-corrected chi connectivity index (χ0v) is 18.7. The lowest BCUT2D eigenvalue weighted by Gasteiger charge is -2.23. The van der Waals surface area contributed by atoms with E-state index in [9.17, 15) is 19.5 Å². The molecule has 0 spiro atoms. The number of amides is 2. The van der Waals surface area contributed by atoms with Gasteiger partial charge in [-0.15, -0.1) is 0 Å². The smallest absolute Gasteiger partial charge is 0.407 e. The average molecular weight is 456 g/mol. The van der Waals surface area contributed by atoms with Crippen LogP contribution in [0.25, 0.3) is 11.1 Å². The summed E-state index contributed by atoms with van der Waals surface area (Å²) in [5.41, 5.74) is 6.12. The van der Waals surface area contributed by atoms with Crippen molar-refractivity contribution in [2.75, 3.05) is 18.1 Å². The van der Waals surface area contributed by atoms with Gasteiger partial charge in [0.15, 0.2) is 0 Å². The van der Waals surface area contributed by atoms with Gasteiger partial charge in [0.2, 0.25) is 5.91 Å². The molecule has 0 radical (unpaired) electrons. The molecule has 1 heterocycles. The van der Waals surface area contributed by atoms with Crippen LogP contribution in [0.15, 0.2) is 66.7 Å². The molecule has 2 aliphatic rings. The van der Waals surface area contributed by atoms with E-state index in [2.05, 4.69) is 17.4 Å². The average Bonchev–Trinajstić information content (AvgIpc) is 3.41. The van der Waals surface area contributed by atoms with E-state index in [4.69, 9.17) is 4.74 Å². The Balaban J connectivity index is 1.24. The largest absolute Gasteiger partial charge is 0.478 e. The lowest BCUT2D eigenvalue weighted by atomic mass is 9.98. The number of alkyl carbamates (subject to hydrolysis) is 1. The number of nitrogens with zero attached hydrogens (tertiary/aromatic N) is 1. The minimum atomic E-state index is -1.05. The standard InChI is InChI=1S/C27H24N2O5/c1-16(25(30)29-13-12-17-10-11-18(26(31)32)14-24(17)29)28-27(33)34-15-23-21-8-4-2-6-19(21)20-7-3-5-9-22(20)23/h2-11,14,16,23H,12-13,15H2,1H3,(H,28,33)(H,31,32)/t16-/m1/s1. The van der Waals surface area contributed by atoms with E-state index in [1.807, 2.05) is 36.4 Å². The Morgan fingerprint density at radius 2 is 1.68 bits per heavy atom. The molecule has 34 heavy (non-hydrogen) atoms. The quantitative estimate of drug-likeness (QED) is 0.600. The maximum atomic E-state index is 13.0. The Labute approximate surface area is 197 Å². The summed E-state index contributed by atoms with van der Waals surface area (Å²) >= 11 is 0. The van der Waals surface area contributed by atoms with Crippen molar-refractivity contribution < 1.29 is 24.2 Å². The molecule has 1 aliphatic carbocycles. The fraction of sp³-hybridized carbons (Fsp3) is 0.222. The maximum absolute atomic E-state index is 13.0. The SMILES string of the molecule is C[C@@H](NC(=O)OCC1c2ccccc2-c2ccccc21)C(=O)N1CCc2ccc(C(=O)O)cc21. The number of carboxylic acid groups (broad SMARTS) is 1. The molecule has 5 rings (SSSR count). The van der Waals surface area contributed by atoms with Crippen molar-refractivity contribution >= 4 is 23.7 Å². The summed E-state index contributed by atoms with van der Waals surface area (Å²) in [4.78, 5) is 38.4. The number of hydrogen-bond donors (Lipinski definition) is 2. The number of carbonyl (C=O) groups is 3. The lowest BCUT2D eigenvalue weighted by Crippen LogP contribution is -2.47. The van der Waals surface area contributed by atoms with Crippen molar-refractivity contribution in [3.63, 3.8) is 0 Å². The number of rotatable bonds is 5. The second-order valence-electron chi connectivity index (χ2n) is 8.58. The van der Waals surface area contributed by atoms with Crippen LogP contribution >= 0.6 is 0 Å². The molecule has 0 saturated carbocycles. The number of nitrogens with one attached hydrogen (secondary N) is 1. The molecule has 0 bridgehead atoms. The predicted octanol–water partition coefficient (Wildman–Crippen LogP) is 4.20. The third kappa shape index (κ3) is 3.79. The summed E-state index contributed by atoms with van der Waals surface area (Å²) in [6, 6.07) is 20.1. The van der Waals surface area contributed by atoms with E-state index in [1.165, 1.54) is 17.0 Å². The van der Waals surface area contributed by atoms with E-state index in [-0.39, 0.29) is 24.0 Å². The third-order valence-electron chi connectivity index (χ3n) is 6.54. The summed E-state index contributed by atoms with van der Waals surface area (Å²) in [6.45, 7) is 2.20. The second-order valence-corrected chi connectivity index (χ2v) is 8.58. The summed E-state index contributed by atoms with van der Waals surface area (Å²) in [5, 5.41) is 11.9. The van der Waals surface area contributed by atoms with Crippen molar-refractivity contribution in [2.24, 2.45) is 0 Å². The van der Waals surface area contributed by atoms with Crippen molar-refractivity contribution in [1.29, 1.82) is 0 Å². The molecule has 2 amide bonds. The molecule has 0 saturated heterocycles. The summed E-state index contributed by atoms with van der Waals surface area (Å²) in [5.74, 6) is -1.43. The van der Waals surface area contributed by atoms with Gasteiger partial charge in [0.25, 0.3) is 0 Å². The van der Waals surface area contributed by atoms with Crippen LogP contribution in [-0.2, 0) is 16.0 Å². The highest BCUT2D eigenvalue weighted by Crippen LogP contribution is 2.44. The number of ether oxygens (including phenoxy) is 1. The Bertz CT molecular complexity index is 1260. The first kappa shape index (κ1) is 21.7. The molecule has 3 aromatic rings. The molecular weight excluding hydrogens is 432 g/mol. The number of aromatic carboxylic acids is 1. The van der Waals surface area contributed by atoms with E-state index in [0.29, 0.717) is 18.7 Å². The number of carbonyl (C=O) groups excluding carboxylic acids is 2. The highest BCUT2D eigenvalue weighted by atomic mass is 16.5. The van der Waals surface area contributed by atoms with Crippen LogP contribution < -0.4 is 10.2 Å². The molecule has 0 fully saturated rings. The number of benzene rings is 3. The molecule has 7 heteroatoms. The number of anilines is 1. The van der Waals surface area contributed by atoms with Crippen LogP contribution in [0.4, 0.5) is 10.5 Å². The van der Waals surface area contributed by atoms with Gasteiger partial charge in [0, 0.05) is 18.2 Å². The van der Waals surface area contributed by atoms with Crippen LogP contribution in [-0.4, -0.2) is 42.3 Å². The highest BCUT2D eigenvalue weighted by Gasteiger charge is 2.31. The molecule has 172 valence electrons. The monoisotopic (exact) mass is 456 g/mol. The van der Waals surface area contributed by atoms with E-state index >= 15 is 0 Å². The van der Waals surface area contributed by atoms with Gasteiger partial charge in [-0.2, -0.15) is 0 Å². The number of fused-ring (bicyclic) bond motifs is 4. The fourth-order valence-electron chi connectivity index (χ4n) is 4.85. The summed E-state index contributed by atoms with van der Waals surface area (Å²) in [7, 11) is 0. The van der Waals surface area contributed by atoms with Crippen molar-refractivity contribution in [2.45, 2.75) is 25.3 Å². The molecule has 0 aromatic heterocycles. The van der Waals surface area contributed by atoms with Crippen LogP contribution in [0.3, 0.4) is 0 Å². The van der Waals surface area contributed by atoms with Crippen LogP contribution in [0.2, 0.25) is 0 Å². The van der Waals surface area contributed by atoms with Crippen LogP contribution in [0, 0.1) is 0 Å². The van der Waals surface area contributed by atoms with Crippen molar-refractivity contribution in [1.82, 2.24) is 5.32 Å². The zero-order valence-electron chi connectivity index (χ0n) is 18.7. The highest BCUT2D eigenvalue weighted by molar-refractivity contribution is 6.01. The number of hydrogen-bond acceptors (Lipinski definition) is 4. The molecule has 7 nitrogen and oxygen atoms in total. The summed E-state index contributed by atoms with van der Waals surface area (Å²) < 4.78 is 5.54. The van der Waals surface area contributed by atoms with E-state index in [1.54, 1.807) is 13.0 Å². The molecule has 0 unspecified atom stereocenters. The topological polar surface area (TPSA) is 95.9 Å². The zero-order chi connectivity index (χ0) is 23.8. The Morgan fingerprint density at radius 1 is 1.03 bits per heavy atom. The lowest BCUT2D eigenvalue weighted by molar-refractivity contribution is -0.120. The third-order valence-corrected chi connectivity index (χ3v) is 6.54. The minimum absolute atomic E-state index is 0.0657. The number of carboxylic acids is 1. The van der Waals surface area contributed by atoms with Gasteiger partial charge in [-0.05, 0) is 53.3 Å². The first-order valence-corrected chi connectivity index (χ1v) is 11.2. The van der Waals surface area contributed by atoms with Gasteiger partial charge >= 0.3 is 12.1 Å². The molecule has 2 N–H and O–H groups in total. The molecule has 1 aliphatic heterocycles. The van der Waals surface area contributed by atoms with Crippen molar-refractivity contribution in [3.05, 3.63) is 89.0 Å². The van der Waals surface area contributed by atoms with Crippen LogP contribution in [0.5, 0.6) is 0 Å². The maximum Gasteiger partial charge on any atom is 0.407 e. The second kappa shape index (κ2) is 8.67. The summed E-state index contributed by atoms with van der Waals surface area (Å²) in [6.07, 6.45) is -0.0278. The van der Waals surface area contributed by atoms with Crippen molar-refractivity contribution in [3.8, 4) is 11.1 Å². The van der Waals surface area contributed by atoms with Gasteiger partial charge in [-0.1, -0.05) is 54.6 Å². The molecule has 3 aromatic carbocycles. The molecular formula is C27H24N2O5. The predicted molar refractivity (Wildman–Crippen MR) is 127 cm³/mol. The molecule has 1 atom stereocenters. The Hall–Kier alpha value is -4.13. The fourth-order valence-corrected chi connectivity index (χ4v) is 4.85. The van der Waals surface area contributed by atoms with Gasteiger partial charge in [-0.25, -0.2) is 9.59 Å². The van der Waals surface area contributed by atoms with Crippen LogP contribution in [0.1, 0.15) is 39.9 Å². The Morgan fingerprint density at radius 3 is 2.32 bits per heavy atom. The van der Waals surface area contributed by atoms with E-state index in [0.717, 1.165) is 27.8 Å².